The van der Waals surface area contributed by atoms with E-state index >= 15 is 0 Å². The van der Waals surface area contributed by atoms with Gasteiger partial charge in [0, 0.05) is 6.42 Å². The summed E-state index contributed by atoms with van der Waals surface area (Å²) < 4.78 is 5.76. The lowest BCUT2D eigenvalue weighted by molar-refractivity contribution is -0.113. The first-order valence-electron chi connectivity index (χ1n) is 5.61. The van der Waals surface area contributed by atoms with Gasteiger partial charge in [-0.3, -0.25) is 4.79 Å². The topological polar surface area (TPSA) is 52.3 Å². The van der Waals surface area contributed by atoms with Gasteiger partial charge in [0.05, 0.1) is 4.91 Å². The quantitative estimate of drug-likeness (QED) is 0.891. The molecule has 1 aromatic rings. The Morgan fingerprint density at radius 1 is 1.47 bits per heavy atom. The van der Waals surface area contributed by atoms with E-state index < -0.39 is 0 Å². The van der Waals surface area contributed by atoms with E-state index in [1.54, 1.807) is 0 Å². The Morgan fingerprint density at radius 2 is 2.18 bits per heavy atom. The van der Waals surface area contributed by atoms with Gasteiger partial charge in [0.2, 0.25) is 0 Å². The second-order valence-corrected chi connectivity index (χ2v) is 5.03. The Kier molecular flexibility index (Phi) is 3.74. The van der Waals surface area contributed by atoms with E-state index in [1.165, 1.54) is 17.3 Å². The van der Waals surface area contributed by atoms with Gasteiger partial charge in [-0.1, -0.05) is 36.9 Å². The minimum Gasteiger partial charge on any atom is -0.479 e. The second kappa shape index (κ2) is 5.27. The maximum Gasteiger partial charge on any atom is 0.254 e. The zero-order chi connectivity index (χ0) is 12.3. The summed E-state index contributed by atoms with van der Waals surface area (Å²) >= 11 is 1.39. The lowest BCUT2D eigenvalue weighted by atomic mass is 10.2. The number of carbonyl (C=O) groups excluding carboxylic acids is 1. The number of amides is 1. The lowest BCUT2D eigenvalue weighted by Crippen LogP contribution is -2.13. The Balaban J connectivity index is 1.92. The zero-order valence-electron chi connectivity index (χ0n) is 9.68. The van der Waals surface area contributed by atoms with Gasteiger partial charge < -0.3 is 10.5 Å². The van der Waals surface area contributed by atoms with Crippen LogP contribution in [0.4, 0.5) is 0 Å². The maximum atomic E-state index is 11.0. The standard InChI is InChI=1S/C13H15NO2S/c1-2-9-3-5-10(6-4-9)16-12-8-7-11(17-12)13(14)15/h3-7,12H,2,8H2,1H3,(H2,14,15). The first-order chi connectivity index (χ1) is 8.19. The second-order valence-electron chi connectivity index (χ2n) is 3.83. The van der Waals surface area contributed by atoms with Gasteiger partial charge in [0.25, 0.3) is 5.91 Å². The number of carbonyl (C=O) groups is 1. The van der Waals surface area contributed by atoms with Crippen LogP contribution in [0.2, 0.25) is 0 Å². The van der Waals surface area contributed by atoms with Crippen molar-refractivity contribution in [3.05, 3.63) is 40.8 Å². The van der Waals surface area contributed by atoms with E-state index in [9.17, 15) is 4.79 Å². The molecule has 1 aliphatic rings. The van der Waals surface area contributed by atoms with Crippen LogP contribution in [0.25, 0.3) is 0 Å². The van der Waals surface area contributed by atoms with Gasteiger partial charge in [-0.25, -0.2) is 0 Å². The largest absolute Gasteiger partial charge is 0.479 e. The molecule has 90 valence electrons. The Hall–Kier alpha value is -1.42. The Labute approximate surface area is 105 Å². The summed E-state index contributed by atoms with van der Waals surface area (Å²) in [5, 5.41) is 0. The van der Waals surface area contributed by atoms with Gasteiger partial charge in [0.15, 0.2) is 5.44 Å². The van der Waals surface area contributed by atoms with Gasteiger partial charge in [-0.15, -0.1) is 0 Å². The molecule has 0 bridgehead atoms. The van der Waals surface area contributed by atoms with E-state index in [-0.39, 0.29) is 11.3 Å². The molecule has 0 fully saturated rings. The van der Waals surface area contributed by atoms with Crippen LogP contribution in [0.15, 0.2) is 35.2 Å². The van der Waals surface area contributed by atoms with Crippen LogP contribution in [0.5, 0.6) is 5.75 Å². The molecule has 0 spiro atoms. The van der Waals surface area contributed by atoms with Crippen LogP contribution < -0.4 is 10.5 Å². The summed E-state index contributed by atoms with van der Waals surface area (Å²) in [4.78, 5) is 11.6. The predicted octanol–water partition coefficient (Wildman–Crippen LogP) is 2.46. The van der Waals surface area contributed by atoms with Crippen LogP contribution in [0.1, 0.15) is 18.9 Å². The summed E-state index contributed by atoms with van der Waals surface area (Å²) in [5.74, 6) is 0.459. The summed E-state index contributed by atoms with van der Waals surface area (Å²) in [7, 11) is 0. The first kappa shape index (κ1) is 12.0. The molecule has 2 rings (SSSR count). The van der Waals surface area contributed by atoms with Crippen molar-refractivity contribution >= 4 is 17.7 Å². The number of thioether (sulfide) groups is 1. The van der Waals surface area contributed by atoms with Crippen molar-refractivity contribution in [1.82, 2.24) is 0 Å². The fourth-order valence-corrected chi connectivity index (χ4v) is 2.57. The molecule has 1 atom stereocenters. The third kappa shape index (κ3) is 3.03. The summed E-state index contributed by atoms with van der Waals surface area (Å²) in [5.41, 5.74) is 6.46. The average Bonchev–Trinajstić information content (AvgIpc) is 2.79. The van der Waals surface area contributed by atoms with Gasteiger partial charge in [-0.05, 0) is 24.1 Å². The molecular weight excluding hydrogens is 234 g/mol. The Morgan fingerprint density at radius 3 is 2.71 bits per heavy atom. The predicted molar refractivity (Wildman–Crippen MR) is 69.7 cm³/mol. The third-order valence-corrected chi connectivity index (χ3v) is 3.77. The number of rotatable bonds is 4. The van der Waals surface area contributed by atoms with E-state index in [4.69, 9.17) is 10.5 Å². The van der Waals surface area contributed by atoms with E-state index in [2.05, 4.69) is 19.1 Å². The first-order valence-corrected chi connectivity index (χ1v) is 6.49. The van der Waals surface area contributed by atoms with Crippen LogP contribution in [-0.2, 0) is 11.2 Å². The summed E-state index contributed by atoms with van der Waals surface area (Å²) in [6.45, 7) is 2.12. The van der Waals surface area contributed by atoms with Crippen molar-refractivity contribution in [3.8, 4) is 5.75 Å². The van der Waals surface area contributed by atoms with Crippen molar-refractivity contribution < 1.29 is 9.53 Å². The highest BCUT2D eigenvalue weighted by atomic mass is 32.2. The highest BCUT2D eigenvalue weighted by Crippen LogP contribution is 2.33. The molecule has 0 radical (unpaired) electrons. The monoisotopic (exact) mass is 249 g/mol. The SMILES string of the molecule is CCc1ccc(OC2CC=C(C(N)=O)S2)cc1. The van der Waals surface area contributed by atoms with Crippen molar-refractivity contribution in [2.24, 2.45) is 5.73 Å². The summed E-state index contributed by atoms with van der Waals surface area (Å²) in [6, 6.07) is 8.03. The number of benzene rings is 1. The highest BCUT2D eigenvalue weighted by Gasteiger charge is 2.22. The van der Waals surface area contributed by atoms with Crippen LogP contribution in [0, 0.1) is 0 Å². The lowest BCUT2D eigenvalue weighted by Gasteiger charge is -2.13. The molecule has 1 heterocycles. The molecule has 1 amide bonds. The van der Waals surface area contributed by atoms with Gasteiger partial charge >= 0.3 is 0 Å². The number of aryl methyl sites for hydroxylation is 1. The van der Waals surface area contributed by atoms with Crippen molar-refractivity contribution in [3.63, 3.8) is 0 Å². The molecule has 0 aromatic heterocycles. The number of hydrogen-bond acceptors (Lipinski definition) is 3. The molecular formula is C13H15NO2S. The third-order valence-electron chi connectivity index (χ3n) is 2.60. The van der Waals surface area contributed by atoms with Crippen LogP contribution in [-0.4, -0.2) is 11.3 Å². The zero-order valence-corrected chi connectivity index (χ0v) is 10.5. The molecule has 0 aliphatic carbocycles. The fourth-order valence-electron chi connectivity index (χ4n) is 1.63. The normalized spacial score (nSPS) is 18.9. The van der Waals surface area contributed by atoms with E-state index in [0.717, 1.165) is 18.6 Å². The minimum absolute atomic E-state index is 0.0371. The van der Waals surface area contributed by atoms with Crippen molar-refractivity contribution in [2.45, 2.75) is 25.2 Å². The molecule has 1 aromatic carbocycles. The Bertz CT molecular complexity index is 439. The number of ether oxygens (including phenoxy) is 1. The smallest absolute Gasteiger partial charge is 0.254 e. The molecule has 1 unspecified atom stereocenters. The molecule has 0 saturated carbocycles. The molecule has 1 aliphatic heterocycles. The molecule has 17 heavy (non-hydrogen) atoms. The van der Waals surface area contributed by atoms with E-state index in [0.29, 0.717) is 4.91 Å². The minimum atomic E-state index is -0.373. The number of hydrogen-bond donors (Lipinski definition) is 1. The molecule has 4 heteroatoms. The number of primary amides is 1. The molecule has 3 nitrogen and oxygen atoms in total. The van der Waals surface area contributed by atoms with E-state index in [1.807, 2.05) is 18.2 Å². The molecule has 0 saturated heterocycles. The van der Waals surface area contributed by atoms with Gasteiger partial charge in [0.1, 0.15) is 5.75 Å². The summed E-state index contributed by atoms with van der Waals surface area (Å²) in [6.07, 6.45) is 3.57. The maximum absolute atomic E-state index is 11.0. The molecule has 2 N–H and O–H groups in total. The van der Waals surface area contributed by atoms with Gasteiger partial charge in [-0.2, -0.15) is 0 Å². The van der Waals surface area contributed by atoms with Crippen LogP contribution >= 0.6 is 11.8 Å². The van der Waals surface area contributed by atoms with Crippen LogP contribution in [0.3, 0.4) is 0 Å². The fraction of sp³-hybridized carbons (Fsp3) is 0.308. The van der Waals surface area contributed by atoms with Crippen molar-refractivity contribution in [2.75, 3.05) is 0 Å². The van der Waals surface area contributed by atoms with Crippen molar-refractivity contribution in [1.29, 1.82) is 0 Å². The average molecular weight is 249 g/mol. The highest BCUT2D eigenvalue weighted by molar-refractivity contribution is 8.04. The number of nitrogens with two attached hydrogens (primary N) is 1.